The van der Waals surface area contributed by atoms with Gasteiger partial charge < -0.3 is 11.5 Å². The van der Waals surface area contributed by atoms with Crippen molar-refractivity contribution < 1.29 is 4.57 Å². The molecule has 19 heavy (non-hydrogen) atoms. The van der Waals surface area contributed by atoms with Crippen LogP contribution in [-0.4, -0.2) is 0 Å². The number of benzene rings is 2. The molecule has 0 aromatic heterocycles. The fourth-order valence-electron chi connectivity index (χ4n) is 2.10. The maximum absolute atomic E-state index is 11.8. The summed E-state index contributed by atoms with van der Waals surface area (Å²) in [6, 6.07) is 14.6. The molecular weight excluding hydrogens is 255 g/mol. The average Bonchev–Trinajstić information content (AvgIpc) is 2.41. The first-order valence-corrected chi connectivity index (χ1v) is 6.64. The van der Waals surface area contributed by atoms with Crippen molar-refractivity contribution in [1.82, 2.24) is 0 Å². The lowest BCUT2D eigenvalue weighted by molar-refractivity contribution is 0.588. The van der Waals surface area contributed by atoms with Crippen molar-refractivity contribution in [1.29, 1.82) is 0 Å². The molecule has 0 aliphatic rings. The van der Waals surface area contributed by atoms with Crippen LogP contribution in [0.25, 0.3) is 0 Å². The fourth-order valence-corrected chi connectivity index (χ4v) is 2.66. The molecule has 4 N–H and O–H groups in total. The van der Waals surface area contributed by atoms with Crippen molar-refractivity contribution in [2.75, 3.05) is 11.5 Å². The van der Waals surface area contributed by atoms with Gasteiger partial charge in [-0.3, -0.25) is 4.57 Å². The number of hydrogen-bond acceptors (Lipinski definition) is 3. The molecule has 4 heteroatoms. The van der Waals surface area contributed by atoms with E-state index in [-0.39, 0.29) is 8.46 Å². The van der Waals surface area contributed by atoms with Crippen molar-refractivity contribution in [3.63, 3.8) is 0 Å². The van der Waals surface area contributed by atoms with Gasteiger partial charge in [0.15, 0.2) is 8.46 Å². The Labute approximate surface area is 114 Å². The Morgan fingerprint density at radius 1 is 1.00 bits per heavy atom. The highest BCUT2D eigenvalue weighted by molar-refractivity contribution is 7.26. The lowest BCUT2D eigenvalue weighted by Gasteiger charge is -2.24. The van der Waals surface area contributed by atoms with Gasteiger partial charge in [-0.1, -0.05) is 30.3 Å². The largest absolute Gasteiger partial charge is 0.399 e. The predicted octanol–water partition coefficient (Wildman–Crippen LogP) is 3.57. The van der Waals surface area contributed by atoms with Crippen LogP contribution in [0.2, 0.25) is 0 Å². The van der Waals surface area contributed by atoms with E-state index in [4.69, 9.17) is 11.5 Å². The molecule has 0 atom stereocenters. The zero-order valence-electron chi connectivity index (χ0n) is 10.4. The van der Waals surface area contributed by atoms with E-state index in [1.54, 1.807) is 30.3 Å². The lowest BCUT2D eigenvalue weighted by atomic mass is 9.89. The van der Waals surface area contributed by atoms with Gasteiger partial charge in [-0.15, -0.1) is 6.58 Å². The molecule has 0 unspecified atom stereocenters. The van der Waals surface area contributed by atoms with E-state index in [2.05, 4.69) is 6.58 Å². The van der Waals surface area contributed by atoms with E-state index < -0.39 is 5.16 Å². The summed E-state index contributed by atoms with van der Waals surface area (Å²) in [7, 11) is -0.0753. The first-order chi connectivity index (χ1) is 9.12. The molecule has 0 amide bonds. The highest BCUT2D eigenvalue weighted by atomic mass is 31.1. The van der Waals surface area contributed by atoms with Gasteiger partial charge in [0.2, 0.25) is 0 Å². The molecule has 2 aromatic rings. The van der Waals surface area contributed by atoms with E-state index in [0.29, 0.717) is 11.4 Å². The molecule has 0 radical (unpaired) electrons. The Morgan fingerprint density at radius 2 is 1.47 bits per heavy atom. The third-order valence-electron chi connectivity index (χ3n) is 3.09. The minimum absolute atomic E-state index is 0.0753. The van der Waals surface area contributed by atoms with Gasteiger partial charge in [0, 0.05) is 11.4 Å². The number of nitrogens with two attached hydrogens (primary N) is 2. The summed E-state index contributed by atoms with van der Waals surface area (Å²) in [5, 5.41) is -0.829. The summed E-state index contributed by atoms with van der Waals surface area (Å²) in [6.45, 7) is 3.83. The molecule has 0 bridgehead atoms. The summed E-state index contributed by atoms with van der Waals surface area (Å²) in [4.78, 5) is 0. The summed E-state index contributed by atoms with van der Waals surface area (Å²) in [6.07, 6.45) is 1.66. The highest BCUT2D eigenvalue weighted by Gasteiger charge is 2.32. The summed E-state index contributed by atoms with van der Waals surface area (Å²) < 4.78 is 11.8. The van der Waals surface area contributed by atoms with E-state index in [1.165, 1.54) is 0 Å². The van der Waals surface area contributed by atoms with Crippen molar-refractivity contribution >= 4 is 19.8 Å². The second-order valence-corrected chi connectivity index (χ2v) is 5.20. The summed E-state index contributed by atoms with van der Waals surface area (Å²) in [5.74, 6) is 0. The normalized spacial score (nSPS) is 11.4. The molecule has 0 saturated carbocycles. The Bertz CT molecular complexity index is 570. The smallest absolute Gasteiger partial charge is 0.176 e. The SMILES string of the molecule is C=CC(P=O)(c1cccc(N)c1)c1cccc(N)c1. The first-order valence-electron chi connectivity index (χ1n) is 5.82. The van der Waals surface area contributed by atoms with Gasteiger partial charge in [0.1, 0.15) is 5.16 Å². The number of nitrogen functional groups attached to an aromatic ring is 2. The lowest BCUT2D eigenvalue weighted by Crippen LogP contribution is -2.18. The minimum Gasteiger partial charge on any atom is -0.399 e. The molecule has 96 valence electrons. The third kappa shape index (κ3) is 2.38. The monoisotopic (exact) mass is 270 g/mol. The minimum atomic E-state index is -0.829. The van der Waals surface area contributed by atoms with Gasteiger partial charge in [-0.25, -0.2) is 0 Å². The van der Waals surface area contributed by atoms with Crippen LogP contribution in [0, 0.1) is 0 Å². The van der Waals surface area contributed by atoms with E-state index in [1.807, 2.05) is 24.3 Å². The molecule has 0 saturated heterocycles. The van der Waals surface area contributed by atoms with Crippen molar-refractivity contribution in [3.05, 3.63) is 72.3 Å². The van der Waals surface area contributed by atoms with Gasteiger partial charge in [0.25, 0.3) is 0 Å². The molecule has 0 heterocycles. The Balaban J connectivity index is 2.67. The van der Waals surface area contributed by atoms with Gasteiger partial charge in [-0.2, -0.15) is 0 Å². The number of hydrogen-bond donors (Lipinski definition) is 2. The second-order valence-electron chi connectivity index (χ2n) is 4.31. The van der Waals surface area contributed by atoms with E-state index >= 15 is 0 Å². The van der Waals surface area contributed by atoms with E-state index in [9.17, 15) is 4.57 Å². The van der Waals surface area contributed by atoms with Crippen molar-refractivity contribution in [2.24, 2.45) is 0 Å². The standard InChI is InChI=1S/C15H15N2OP/c1-2-15(19-18,11-5-3-7-13(16)9-11)12-6-4-8-14(17)10-12/h2-10H,1,16-17H2. The Hall–Kier alpha value is -2.12. The Kier molecular flexibility index (Phi) is 3.68. The van der Waals surface area contributed by atoms with Crippen molar-refractivity contribution in [2.45, 2.75) is 5.16 Å². The van der Waals surface area contributed by atoms with Crippen molar-refractivity contribution in [3.8, 4) is 0 Å². The zero-order chi connectivity index (χ0) is 13.9. The molecule has 0 spiro atoms. The van der Waals surface area contributed by atoms with Crippen LogP contribution in [0.5, 0.6) is 0 Å². The predicted molar refractivity (Wildman–Crippen MR) is 80.3 cm³/mol. The number of anilines is 2. The molecule has 0 aliphatic carbocycles. The maximum Gasteiger partial charge on any atom is 0.176 e. The highest BCUT2D eigenvalue weighted by Crippen LogP contribution is 2.43. The van der Waals surface area contributed by atoms with Crippen LogP contribution in [0.1, 0.15) is 11.1 Å². The topological polar surface area (TPSA) is 69.1 Å². The molecule has 0 fully saturated rings. The van der Waals surface area contributed by atoms with Crippen LogP contribution in [0.3, 0.4) is 0 Å². The molecule has 3 nitrogen and oxygen atoms in total. The van der Waals surface area contributed by atoms with Crippen LogP contribution < -0.4 is 11.5 Å². The summed E-state index contributed by atoms with van der Waals surface area (Å²) in [5.41, 5.74) is 14.5. The molecular formula is C15H15N2OP. The van der Waals surface area contributed by atoms with Gasteiger partial charge >= 0.3 is 0 Å². The maximum atomic E-state index is 11.8. The zero-order valence-corrected chi connectivity index (χ0v) is 11.3. The fraction of sp³-hybridized carbons (Fsp3) is 0.0667. The second kappa shape index (κ2) is 5.25. The quantitative estimate of drug-likeness (QED) is 0.507. The molecule has 2 aromatic carbocycles. The third-order valence-corrected chi connectivity index (χ3v) is 4.08. The Morgan fingerprint density at radius 3 is 1.79 bits per heavy atom. The number of allylic oxidation sites excluding steroid dienone is 1. The molecule has 2 rings (SSSR count). The average molecular weight is 270 g/mol. The first kappa shape index (κ1) is 13.3. The number of rotatable bonds is 4. The van der Waals surface area contributed by atoms with Crippen LogP contribution in [-0.2, 0) is 9.72 Å². The van der Waals surface area contributed by atoms with Crippen LogP contribution in [0.4, 0.5) is 11.4 Å². The van der Waals surface area contributed by atoms with Gasteiger partial charge in [-0.05, 0) is 35.4 Å². The van der Waals surface area contributed by atoms with Crippen LogP contribution >= 0.6 is 8.46 Å². The molecule has 0 aliphatic heterocycles. The summed E-state index contributed by atoms with van der Waals surface area (Å²) >= 11 is 0. The van der Waals surface area contributed by atoms with E-state index in [0.717, 1.165) is 11.1 Å². The van der Waals surface area contributed by atoms with Crippen LogP contribution in [0.15, 0.2) is 61.2 Å². The van der Waals surface area contributed by atoms with Gasteiger partial charge in [0.05, 0.1) is 0 Å².